The predicted octanol–water partition coefficient (Wildman–Crippen LogP) is 2.21. The van der Waals surface area contributed by atoms with E-state index >= 15 is 0 Å². The van der Waals surface area contributed by atoms with Crippen molar-refractivity contribution in [2.45, 2.75) is 19.3 Å². The molecule has 0 aromatic heterocycles. The van der Waals surface area contributed by atoms with Gasteiger partial charge in [0.25, 0.3) is 0 Å². The Hall–Kier alpha value is 0.660. The molecule has 2 fully saturated rings. The molecular weight excluding hydrogens is 198 g/mol. The van der Waals surface area contributed by atoms with Gasteiger partial charge in [-0.25, -0.2) is 0 Å². The quantitative estimate of drug-likeness (QED) is 0.729. The van der Waals surface area contributed by atoms with Crippen LogP contribution in [0.5, 0.6) is 0 Å². The maximum Gasteiger partial charge on any atom is 0.0000249 e. The van der Waals surface area contributed by atoms with Gasteiger partial charge in [0.1, 0.15) is 0 Å². The molecular formula is C10H19NS2. The fraction of sp³-hybridized carbons (Fsp3) is 1.00. The van der Waals surface area contributed by atoms with Gasteiger partial charge in [0.05, 0.1) is 0 Å². The van der Waals surface area contributed by atoms with Gasteiger partial charge >= 0.3 is 0 Å². The summed E-state index contributed by atoms with van der Waals surface area (Å²) in [6, 6.07) is 0. The van der Waals surface area contributed by atoms with Gasteiger partial charge in [0.2, 0.25) is 0 Å². The summed E-state index contributed by atoms with van der Waals surface area (Å²) in [4.78, 5) is 0. The van der Waals surface area contributed by atoms with Crippen LogP contribution in [-0.4, -0.2) is 29.6 Å². The lowest BCUT2D eigenvalue weighted by molar-refractivity contribution is 0.196. The molecule has 0 aliphatic carbocycles. The minimum absolute atomic E-state index is 0.626. The molecule has 3 heteroatoms. The van der Waals surface area contributed by atoms with Crippen molar-refractivity contribution < 1.29 is 0 Å². The van der Waals surface area contributed by atoms with E-state index in [1.807, 2.05) is 0 Å². The maximum absolute atomic E-state index is 5.89. The lowest BCUT2D eigenvalue weighted by Gasteiger charge is -2.45. The van der Waals surface area contributed by atoms with E-state index < -0.39 is 0 Å². The van der Waals surface area contributed by atoms with Gasteiger partial charge < -0.3 is 5.73 Å². The minimum Gasteiger partial charge on any atom is -0.330 e. The first-order valence-corrected chi connectivity index (χ1v) is 7.54. The summed E-state index contributed by atoms with van der Waals surface area (Å²) in [5.41, 5.74) is 6.52. The summed E-state index contributed by atoms with van der Waals surface area (Å²) in [5.74, 6) is 6.29. The van der Waals surface area contributed by atoms with Crippen LogP contribution in [0.4, 0.5) is 0 Å². The van der Waals surface area contributed by atoms with Crippen molar-refractivity contribution >= 4 is 23.5 Å². The number of hydrogen-bond donors (Lipinski definition) is 1. The molecule has 0 radical (unpaired) electrons. The third-order valence-corrected chi connectivity index (χ3v) is 6.16. The van der Waals surface area contributed by atoms with Gasteiger partial charge in [0.15, 0.2) is 0 Å². The van der Waals surface area contributed by atoms with E-state index in [1.165, 1.54) is 42.3 Å². The second kappa shape index (κ2) is 4.45. The van der Waals surface area contributed by atoms with Crippen molar-refractivity contribution in [2.24, 2.45) is 17.1 Å². The molecule has 13 heavy (non-hydrogen) atoms. The number of nitrogens with two attached hydrogens (primary N) is 1. The summed E-state index contributed by atoms with van der Waals surface area (Å²) in [6.07, 6.45) is 4.22. The molecule has 0 saturated carbocycles. The Bertz CT molecular complexity index is 158. The van der Waals surface area contributed by atoms with Crippen LogP contribution in [0.15, 0.2) is 0 Å². The smallest absolute Gasteiger partial charge is 0.0000249 e. The van der Waals surface area contributed by atoms with E-state index in [4.69, 9.17) is 5.73 Å². The maximum atomic E-state index is 5.89. The molecule has 2 saturated heterocycles. The van der Waals surface area contributed by atoms with E-state index in [0.717, 1.165) is 12.5 Å². The summed E-state index contributed by atoms with van der Waals surface area (Å²) in [6.45, 7) is 0.918. The number of thioether (sulfide) groups is 2. The second-order valence-corrected chi connectivity index (χ2v) is 6.50. The molecule has 0 bridgehead atoms. The normalized spacial score (nSPS) is 40.8. The van der Waals surface area contributed by atoms with Gasteiger partial charge in [-0.05, 0) is 48.6 Å². The summed E-state index contributed by atoms with van der Waals surface area (Å²) in [7, 11) is 0. The molecule has 0 aromatic rings. The topological polar surface area (TPSA) is 26.0 Å². The Labute approximate surface area is 89.6 Å². The molecule has 2 aliphatic heterocycles. The van der Waals surface area contributed by atoms with Crippen molar-refractivity contribution in [2.75, 3.05) is 29.6 Å². The zero-order valence-corrected chi connectivity index (χ0v) is 9.76. The first-order valence-electron chi connectivity index (χ1n) is 5.23. The molecule has 0 aromatic carbocycles. The minimum atomic E-state index is 0.626. The lowest BCUT2D eigenvalue weighted by Crippen LogP contribution is -2.44. The van der Waals surface area contributed by atoms with Crippen LogP contribution in [0.2, 0.25) is 0 Å². The highest BCUT2D eigenvalue weighted by Crippen LogP contribution is 2.47. The fourth-order valence-corrected chi connectivity index (χ4v) is 5.60. The van der Waals surface area contributed by atoms with Crippen LogP contribution >= 0.6 is 23.5 Å². The zero-order valence-electron chi connectivity index (χ0n) is 8.13. The molecule has 2 unspecified atom stereocenters. The molecule has 2 atom stereocenters. The van der Waals surface area contributed by atoms with Gasteiger partial charge in [-0.1, -0.05) is 0 Å². The van der Waals surface area contributed by atoms with Crippen LogP contribution < -0.4 is 5.73 Å². The van der Waals surface area contributed by atoms with Crippen LogP contribution in [0.25, 0.3) is 0 Å². The Balaban J connectivity index is 2.06. The third kappa shape index (κ3) is 2.02. The first-order chi connectivity index (χ1) is 6.37. The van der Waals surface area contributed by atoms with Crippen LogP contribution in [-0.2, 0) is 0 Å². The Kier molecular flexibility index (Phi) is 3.49. The molecule has 1 nitrogen and oxygen atoms in total. The van der Waals surface area contributed by atoms with E-state index in [1.54, 1.807) is 0 Å². The lowest BCUT2D eigenvalue weighted by atomic mass is 9.73. The molecule has 1 spiro atoms. The second-order valence-electron chi connectivity index (χ2n) is 4.29. The van der Waals surface area contributed by atoms with Gasteiger partial charge in [-0.3, -0.25) is 0 Å². The average molecular weight is 217 g/mol. The van der Waals surface area contributed by atoms with Gasteiger partial charge in [0, 0.05) is 11.5 Å². The highest BCUT2D eigenvalue weighted by Gasteiger charge is 2.41. The largest absolute Gasteiger partial charge is 0.330 e. The molecule has 2 heterocycles. The first kappa shape index (κ1) is 10.2. The number of hydrogen-bond acceptors (Lipinski definition) is 3. The summed E-state index contributed by atoms with van der Waals surface area (Å²) >= 11 is 4.30. The Morgan fingerprint density at radius 3 is 2.62 bits per heavy atom. The SMILES string of the molecule is NCC1CCSCC12CCCSC2. The molecule has 2 N–H and O–H groups in total. The Morgan fingerprint density at radius 2 is 2.00 bits per heavy atom. The highest BCUT2D eigenvalue weighted by atomic mass is 32.2. The predicted molar refractivity (Wildman–Crippen MR) is 63.5 cm³/mol. The standard InChI is InChI=1S/C10H19NS2/c11-6-9-2-5-13-8-10(9)3-1-4-12-7-10/h9H,1-8,11H2. The number of rotatable bonds is 1. The summed E-state index contributed by atoms with van der Waals surface area (Å²) < 4.78 is 0. The van der Waals surface area contributed by atoms with E-state index in [-0.39, 0.29) is 0 Å². The van der Waals surface area contributed by atoms with Gasteiger partial charge in [-0.15, -0.1) is 0 Å². The van der Waals surface area contributed by atoms with Gasteiger partial charge in [-0.2, -0.15) is 23.5 Å². The highest BCUT2D eigenvalue weighted by molar-refractivity contribution is 8.00. The van der Waals surface area contributed by atoms with Crippen molar-refractivity contribution in [1.82, 2.24) is 0 Å². The van der Waals surface area contributed by atoms with Crippen molar-refractivity contribution in [3.63, 3.8) is 0 Å². The molecule has 76 valence electrons. The molecule has 2 rings (SSSR count). The monoisotopic (exact) mass is 217 g/mol. The van der Waals surface area contributed by atoms with Crippen LogP contribution in [0, 0.1) is 11.3 Å². The Morgan fingerprint density at radius 1 is 1.23 bits per heavy atom. The fourth-order valence-electron chi connectivity index (χ4n) is 2.60. The van der Waals surface area contributed by atoms with Crippen LogP contribution in [0.1, 0.15) is 19.3 Å². The van der Waals surface area contributed by atoms with E-state index in [0.29, 0.717) is 5.41 Å². The third-order valence-electron chi connectivity index (χ3n) is 3.50. The van der Waals surface area contributed by atoms with Crippen molar-refractivity contribution in [3.8, 4) is 0 Å². The van der Waals surface area contributed by atoms with Crippen molar-refractivity contribution in [3.05, 3.63) is 0 Å². The van der Waals surface area contributed by atoms with E-state index in [2.05, 4.69) is 23.5 Å². The van der Waals surface area contributed by atoms with Crippen LogP contribution in [0.3, 0.4) is 0 Å². The van der Waals surface area contributed by atoms with E-state index in [9.17, 15) is 0 Å². The molecule has 2 aliphatic rings. The average Bonchev–Trinajstić information content (AvgIpc) is 2.20. The summed E-state index contributed by atoms with van der Waals surface area (Å²) in [5, 5.41) is 0. The zero-order chi connectivity index (χ0) is 9.15. The molecule has 0 amide bonds. The van der Waals surface area contributed by atoms with Crippen molar-refractivity contribution in [1.29, 1.82) is 0 Å².